The molecule has 2 aromatic rings. The van der Waals surface area contributed by atoms with Gasteiger partial charge in [0.2, 0.25) is 15.9 Å². The van der Waals surface area contributed by atoms with E-state index in [1.54, 1.807) is 17.9 Å². The van der Waals surface area contributed by atoms with Crippen molar-refractivity contribution < 1.29 is 13.2 Å². The first-order valence-corrected chi connectivity index (χ1v) is 9.54. The number of hydrogen-bond acceptors (Lipinski definition) is 5. The summed E-state index contributed by atoms with van der Waals surface area (Å²) in [7, 11) is -0.131. The Labute approximate surface area is 146 Å². The van der Waals surface area contributed by atoms with Crippen molar-refractivity contribution in [3.05, 3.63) is 30.4 Å². The summed E-state index contributed by atoms with van der Waals surface area (Å²) in [5.74, 6) is -0.480. The minimum Gasteiger partial charge on any atom is -0.352 e. The van der Waals surface area contributed by atoms with Crippen LogP contribution >= 0.6 is 0 Å². The summed E-state index contributed by atoms with van der Waals surface area (Å²) in [5.41, 5.74) is 0.909. The maximum atomic E-state index is 12.7. The fourth-order valence-corrected chi connectivity index (χ4v) is 4.46. The van der Waals surface area contributed by atoms with Crippen molar-refractivity contribution >= 4 is 15.9 Å². The van der Waals surface area contributed by atoms with Gasteiger partial charge in [-0.3, -0.25) is 14.2 Å². The van der Waals surface area contributed by atoms with E-state index in [1.807, 2.05) is 13.2 Å². The quantitative estimate of drug-likeness (QED) is 0.794. The maximum Gasteiger partial charge on any atom is 0.246 e. The Bertz CT molecular complexity index is 856. The number of sulfonamides is 1. The summed E-state index contributed by atoms with van der Waals surface area (Å²) < 4.78 is 29.9. The molecule has 0 spiro atoms. The highest BCUT2D eigenvalue weighted by Crippen LogP contribution is 2.23. The second-order valence-corrected chi connectivity index (χ2v) is 8.23. The third-order valence-corrected chi connectivity index (χ3v) is 6.12. The zero-order chi connectivity index (χ0) is 18.0. The van der Waals surface area contributed by atoms with Crippen LogP contribution in [-0.2, 0) is 35.5 Å². The minimum absolute atomic E-state index is 0.130. The van der Waals surface area contributed by atoms with Crippen LogP contribution < -0.4 is 5.32 Å². The molecule has 1 aliphatic heterocycles. The average molecular weight is 366 g/mol. The van der Waals surface area contributed by atoms with Gasteiger partial charge in [0.05, 0.1) is 18.3 Å². The zero-order valence-electron chi connectivity index (χ0n) is 14.3. The molecule has 1 aliphatic rings. The Morgan fingerprint density at radius 2 is 1.96 bits per heavy atom. The topological polar surface area (TPSA) is 102 Å². The first-order valence-electron chi connectivity index (χ1n) is 8.10. The second-order valence-electron chi connectivity index (χ2n) is 6.29. The van der Waals surface area contributed by atoms with Crippen LogP contribution in [0.25, 0.3) is 0 Å². The monoisotopic (exact) mass is 366 g/mol. The third kappa shape index (κ3) is 3.90. The molecule has 136 valence electrons. The van der Waals surface area contributed by atoms with Crippen molar-refractivity contribution in [2.45, 2.75) is 24.3 Å². The van der Waals surface area contributed by atoms with Crippen molar-refractivity contribution in [3.8, 4) is 0 Å². The van der Waals surface area contributed by atoms with Crippen LogP contribution in [0.3, 0.4) is 0 Å². The van der Waals surface area contributed by atoms with Gasteiger partial charge in [-0.25, -0.2) is 8.42 Å². The molecule has 25 heavy (non-hydrogen) atoms. The third-order valence-electron chi connectivity index (χ3n) is 4.30. The van der Waals surface area contributed by atoms with Gasteiger partial charge in [0, 0.05) is 51.7 Å². The molecule has 0 saturated carbocycles. The molecule has 1 N–H and O–H groups in total. The van der Waals surface area contributed by atoms with E-state index >= 15 is 0 Å². The van der Waals surface area contributed by atoms with Gasteiger partial charge in [-0.1, -0.05) is 0 Å². The second kappa shape index (κ2) is 6.96. The number of amides is 1. The molecule has 0 aromatic carbocycles. The highest BCUT2D eigenvalue weighted by atomic mass is 32.2. The molecule has 1 fully saturated rings. The number of aryl methyl sites for hydroxylation is 2. The van der Waals surface area contributed by atoms with E-state index in [2.05, 4.69) is 15.5 Å². The van der Waals surface area contributed by atoms with Crippen LogP contribution in [0.4, 0.5) is 0 Å². The molecule has 9 nitrogen and oxygen atoms in total. The lowest BCUT2D eigenvalue weighted by Gasteiger charge is -2.30. The zero-order valence-corrected chi connectivity index (χ0v) is 15.1. The SMILES string of the molecule is Cn1cc(CNC(=O)[C@@H]2CCCN(S(=O)(=O)c3cnn(C)c3)C2)cn1. The van der Waals surface area contributed by atoms with Crippen LogP contribution in [0.1, 0.15) is 18.4 Å². The lowest BCUT2D eigenvalue weighted by atomic mass is 9.99. The first kappa shape index (κ1) is 17.6. The predicted octanol–water partition coefficient (Wildman–Crippen LogP) is -0.129. The van der Waals surface area contributed by atoms with E-state index in [-0.39, 0.29) is 23.3 Å². The molecule has 1 atom stereocenters. The lowest BCUT2D eigenvalue weighted by Crippen LogP contribution is -2.45. The Morgan fingerprint density at radius 3 is 2.60 bits per heavy atom. The number of nitrogens with one attached hydrogen (secondary N) is 1. The Hall–Kier alpha value is -2.20. The Morgan fingerprint density at radius 1 is 1.24 bits per heavy atom. The van der Waals surface area contributed by atoms with Crippen molar-refractivity contribution in [3.63, 3.8) is 0 Å². The van der Waals surface area contributed by atoms with Gasteiger partial charge in [-0.2, -0.15) is 14.5 Å². The van der Waals surface area contributed by atoms with Gasteiger partial charge < -0.3 is 5.32 Å². The average Bonchev–Trinajstić information content (AvgIpc) is 3.21. The molecule has 0 bridgehead atoms. The van der Waals surface area contributed by atoms with E-state index in [0.717, 1.165) is 5.56 Å². The fourth-order valence-electron chi connectivity index (χ4n) is 2.95. The van der Waals surface area contributed by atoms with Crippen LogP contribution in [0.2, 0.25) is 0 Å². The summed E-state index contributed by atoms with van der Waals surface area (Å²) in [4.78, 5) is 12.6. The predicted molar refractivity (Wildman–Crippen MR) is 89.7 cm³/mol. The van der Waals surface area contributed by atoms with Gasteiger partial charge in [0.25, 0.3) is 0 Å². The van der Waals surface area contributed by atoms with E-state index < -0.39 is 10.0 Å². The van der Waals surface area contributed by atoms with Gasteiger partial charge in [-0.15, -0.1) is 0 Å². The normalized spacial score (nSPS) is 19.0. The van der Waals surface area contributed by atoms with Crippen molar-refractivity contribution in [2.24, 2.45) is 20.0 Å². The molecule has 10 heteroatoms. The van der Waals surface area contributed by atoms with Crippen LogP contribution in [0.5, 0.6) is 0 Å². The summed E-state index contributed by atoms with van der Waals surface area (Å²) in [5, 5.41) is 10.8. The number of carbonyl (C=O) groups excluding carboxylic acids is 1. The number of carbonyl (C=O) groups is 1. The highest BCUT2D eigenvalue weighted by molar-refractivity contribution is 7.89. The van der Waals surface area contributed by atoms with E-state index in [9.17, 15) is 13.2 Å². The summed E-state index contributed by atoms with van der Waals surface area (Å²) in [6.45, 7) is 0.998. The Kier molecular flexibility index (Phi) is 4.91. The fraction of sp³-hybridized carbons (Fsp3) is 0.533. The first-order chi connectivity index (χ1) is 11.9. The lowest BCUT2D eigenvalue weighted by molar-refractivity contribution is -0.126. The number of hydrogen-bond donors (Lipinski definition) is 1. The Balaban J connectivity index is 1.63. The van der Waals surface area contributed by atoms with Crippen molar-refractivity contribution in [1.29, 1.82) is 0 Å². The molecular weight excluding hydrogens is 344 g/mol. The summed E-state index contributed by atoms with van der Waals surface area (Å²) in [6, 6.07) is 0. The van der Waals surface area contributed by atoms with Gasteiger partial charge in [-0.05, 0) is 12.8 Å². The smallest absolute Gasteiger partial charge is 0.246 e. The molecule has 0 unspecified atom stereocenters. The molecule has 1 amide bonds. The van der Waals surface area contributed by atoms with Crippen LogP contribution in [-0.4, -0.2) is 51.3 Å². The number of aromatic nitrogens is 4. The van der Waals surface area contributed by atoms with E-state index in [1.165, 1.54) is 21.4 Å². The van der Waals surface area contributed by atoms with Gasteiger partial charge in [0.1, 0.15) is 4.90 Å². The van der Waals surface area contributed by atoms with Crippen molar-refractivity contribution in [1.82, 2.24) is 29.2 Å². The maximum absolute atomic E-state index is 12.7. The largest absolute Gasteiger partial charge is 0.352 e. The summed E-state index contributed by atoms with van der Waals surface area (Å²) >= 11 is 0. The number of nitrogens with zero attached hydrogens (tertiary/aromatic N) is 5. The molecule has 3 rings (SSSR count). The van der Waals surface area contributed by atoms with Gasteiger partial charge in [0.15, 0.2) is 0 Å². The summed E-state index contributed by atoms with van der Waals surface area (Å²) in [6.07, 6.45) is 7.67. The van der Waals surface area contributed by atoms with Gasteiger partial charge >= 0.3 is 0 Å². The highest BCUT2D eigenvalue weighted by Gasteiger charge is 2.33. The molecular formula is C15H22N6O3S. The van der Waals surface area contributed by atoms with Crippen LogP contribution in [0.15, 0.2) is 29.7 Å². The van der Waals surface area contributed by atoms with E-state index in [0.29, 0.717) is 25.9 Å². The number of rotatable bonds is 5. The van der Waals surface area contributed by atoms with E-state index in [4.69, 9.17) is 0 Å². The van der Waals surface area contributed by atoms with Crippen LogP contribution in [0, 0.1) is 5.92 Å². The molecule has 0 aliphatic carbocycles. The number of piperidine rings is 1. The van der Waals surface area contributed by atoms with Crippen molar-refractivity contribution in [2.75, 3.05) is 13.1 Å². The molecule has 1 saturated heterocycles. The minimum atomic E-state index is -3.61. The molecule has 2 aromatic heterocycles. The molecule has 0 radical (unpaired) electrons. The molecule has 3 heterocycles. The standard InChI is InChI=1S/C15H22N6O3S/c1-19-9-12(7-17-19)6-16-15(22)13-4-3-5-21(10-13)25(23,24)14-8-18-20(2)11-14/h7-9,11,13H,3-6,10H2,1-2H3,(H,16,22)/t13-/m1/s1.